The largest absolute Gasteiger partial charge is 0.447 e. The number of likely N-dealkylation sites (tertiary alicyclic amines) is 1. The molecule has 1 aliphatic carbocycles. The van der Waals surface area contributed by atoms with Gasteiger partial charge in [-0.25, -0.2) is 4.79 Å². The summed E-state index contributed by atoms with van der Waals surface area (Å²) in [6, 6.07) is 8.65. The van der Waals surface area contributed by atoms with Gasteiger partial charge in [0.25, 0.3) is 0 Å². The average Bonchev–Trinajstić information content (AvgIpc) is 3.63. The van der Waals surface area contributed by atoms with E-state index in [1.54, 1.807) is 0 Å². The summed E-state index contributed by atoms with van der Waals surface area (Å²) in [5.74, 6) is -0.0896. The quantitative estimate of drug-likeness (QED) is 0.683. The molecule has 0 atom stereocenters. The molecular weight excluding hydrogens is 418 g/mol. The molecule has 1 aromatic heterocycles. The maximum Gasteiger partial charge on any atom is 0.410 e. The molecule has 0 unspecified atom stereocenters. The van der Waals surface area contributed by atoms with E-state index in [2.05, 4.69) is 20.2 Å². The number of piperidine rings is 1. The summed E-state index contributed by atoms with van der Waals surface area (Å²) in [4.78, 5) is 37.1. The van der Waals surface area contributed by atoms with Gasteiger partial charge in [-0.05, 0) is 51.7 Å². The monoisotopic (exact) mass is 451 g/mol. The summed E-state index contributed by atoms with van der Waals surface area (Å²) in [6.07, 6.45) is 7.75. The van der Waals surface area contributed by atoms with Gasteiger partial charge in [0.05, 0.1) is 29.9 Å². The van der Waals surface area contributed by atoms with E-state index in [9.17, 15) is 9.59 Å². The molecule has 2 aliphatic rings. The van der Waals surface area contributed by atoms with Gasteiger partial charge in [0.1, 0.15) is 0 Å². The van der Waals surface area contributed by atoms with Gasteiger partial charge in [-0.15, -0.1) is 0 Å². The molecule has 2 heterocycles. The molecule has 4 rings (SSSR count). The van der Waals surface area contributed by atoms with Gasteiger partial charge >= 0.3 is 6.09 Å². The zero-order valence-electron chi connectivity index (χ0n) is 19.7. The van der Waals surface area contributed by atoms with Crippen LogP contribution in [0.4, 0.5) is 10.5 Å². The fourth-order valence-corrected chi connectivity index (χ4v) is 4.32. The van der Waals surface area contributed by atoms with E-state index in [1.807, 2.05) is 55.4 Å². The fourth-order valence-electron chi connectivity index (χ4n) is 4.32. The molecule has 2 aromatic rings. The molecule has 8 heteroatoms. The van der Waals surface area contributed by atoms with Crippen molar-refractivity contribution in [1.29, 1.82) is 0 Å². The SMILES string of the molecule is CC(=O)Nc1ccc(-c2cnc(CN(C3CC3)C3CCN(C(=O)OC(C)C)CC3)cn2)cc1. The number of hydrogen-bond acceptors (Lipinski definition) is 6. The summed E-state index contributed by atoms with van der Waals surface area (Å²) in [6.45, 7) is 7.50. The first-order valence-corrected chi connectivity index (χ1v) is 11.8. The van der Waals surface area contributed by atoms with E-state index in [1.165, 1.54) is 19.8 Å². The van der Waals surface area contributed by atoms with Crippen molar-refractivity contribution in [2.24, 2.45) is 0 Å². The number of nitrogens with zero attached hydrogens (tertiary/aromatic N) is 4. The van der Waals surface area contributed by atoms with E-state index in [-0.39, 0.29) is 18.1 Å². The second-order valence-corrected chi connectivity index (χ2v) is 9.21. The number of rotatable bonds is 7. The van der Waals surface area contributed by atoms with Crippen LogP contribution in [0.2, 0.25) is 0 Å². The maximum absolute atomic E-state index is 12.2. The predicted octanol–water partition coefficient (Wildman–Crippen LogP) is 4.08. The van der Waals surface area contributed by atoms with E-state index in [0.29, 0.717) is 12.1 Å². The zero-order chi connectivity index (χ0) is 23.4. The van der Waals surface area contributed by atoms with Crippen LogP contribution in [-0.2, 0) is 16.1 Å². The molecule has 1 saturated carbocycles. The number of nitrogens with one attached hydrogen (secondary N) is 1. The van der Waals surface area contributed by atoms with Crippen molar-refractivity contribution in [2.75, 3.05) is 18.4 Å². The van der Waals surface area contributed by atoms with Crippen molar-refractivity contribution < 1.29 is 14.3 Å². The molecule has 8 nitrogen and oxygen atoms in total. The molecular formula is C25H33N5O3. The third-order valence-corrected chi connectivity index (χ3v) is 6.10. The van der Waals surface area contributed by atoms with Gasteiger partial charge in [0.15, 0.2) is 0 Å². The number of aromatic nitrogens is 2. The van der Waals surface area contributed by atoms with Gasteiger partial charge in [-0.1, -0.05) is 12.1 Å². The Morgan fingerprint density at radius 3 is 2.27 bits per heavy atom. The topological polar surface area (TPSA) is 87.7 Å². The first kappa shape index (κ1) is 23.2. The van der Waals surface area contributed by atoms with Crippen LogP contribution in [0.5, 0.6) is 0 Å². The summed E-state index contributed by atoms with van der Waals surface area (Å²) in [5, 5.41) is 2.77. The second-order valence-electron chi connectivity index (χ2n) is 9.21. The van der Waals surface area contributed by atoms with Gasteiger partial charge < -0.3 is 15.0 Å². The molecule has 33 heavy (non-hydrogen) atoms. The lowest BCUT2D eigenvalue weighted by atomic mass is 10.0. The van der Waals surface area contributed by atoms with Crippen LogP contribution in [-0.4, -0.2) is 63.0 Å². The Bertz CT molecular complexity index is 949. The lowest BCUT2D eigenvalue weighted by Gasteiger charge is -2.38. The van der Waals surface area contributed by atoms with Crippen LogP contribution in [0.3, 0.4) is 0 Å². The van der Waals surface area contributed by atoms with Crippen LogP contribution in [0.25, 0.3) is 11.3 Å². The van der Waals surface area contributed by atoms with Gasteiger partial charge in [0.2, 0.25) is 5.91 Å². The number of hydrogen-bond donors (Lipinski definition) is 1. The maximum atomic E-state index is 12.2. The van der Waals surface area contributed by atoms with Crippen LogP contribution in [0.15, 0.2) is 36.7 Å². The molecule has 2 fully saturated rings. The molecule has 1 aromatic carbocycles. The van der Waals surface area contributed by atoms with Crippen LogP contribution in [0, 0.1) is 0 Å². The van der Waals surface area contributed by atoms with E-state index in [4.69, 9.17) is 4.74 Å². The first-order valence-electron chi connectivity index (χ1n) is 11.8. The standard InChI is InChI=1S/C25H33N5O3/c1-17(2)33-25(32)29-12-10-23(11-13-29)30(22-8-9-22)16-21-14-27-24(15-26-21)19-4-6-20(7-5-19)28-18(3)31/h4-7,14-15,17,22-23H,8-13,16H2,1-3H3,(H,28,31). The van der Waals surface area contributed by atoms with Crippen molar-refractivity contribution in [3.05, 3.63) is 42.4 Å². The summed E-state index contributed by atoms with van der Waals surface area (Å²) in [5.41, 5.74) is 3.49. The smallest absolute Gasteiger partial charge is 0.410 e. The highest BCUT2D eigenvalue weighted by atomic mass is 16.6. The summed E-state index contributed by atoms with van der Waals surface area (Å²) >= 11 is 0. The van der Waals surface area contributed by atoms with Crippen molar-refractivity contribution in [2.45, 2.75) is 71.2 Å². The third kappa shape index (κ3) is 6.28. The van der Waals surface area contributed by atoms with Crippen molar-refractivity contribution in [1.82, 2.24) is 19.8 Å². The minimum atomic E-state index is -0.201. The lowest BCUT2D eigenvalue weighted by molar-refractivity contribution is -0.114. The molecule has 0 spiro atoms. The fraction of sp³-hybridized carbons (Fsp3) is 0.520. The zero-order valence-corrected chi connectivity index (χ0v) is 19.7. The molecule has 1 N–H and O–H groups in total. The molecule has 0 radical (unpaired) electrons. The molecule has 176 valence electrons. The Balaban J connectivity index is 1.35. The van der Waals surface area contributed by atoms with Crippen LogP contribution >= 0.6 is 0 Å². The highest BCUT2D eigenvalue weighted by Gasteiger charge is 2.36. The lowest BCUT2D eigenvalue weighted by Crippen LogP contribution is -2.47. The van der Waals surface area contributed by atoms with E-state index >= 15 is 0 Å². The van der Waals surface area contributed by atoms with Gasteiger partial charge in [0, 0.05) is 49.9 Å². The number of carbonyl (C=O) groups excluding carboxylic acids is 2. The summed E-state index contributed by atoms with van der Waals surface area (Å²) < 4.78 is 5.35. The average molecular weight is 452 g/mol. The van der Waals surface area contributed by atoms with Crippen molar-refractivity contribution in [3.8, 4) is 11.3 Å². The predicted molar refractivity (Wildman–Crippen MR) is 127 cm³/mol. The Morgan fingerprint density at radius 1 is 1.06 bits per heavy atom. The molecule has 0 bridgehead atoms. The highest BCUT2D eigenvalue weighted by Crippen LogP contribution is 2.33. The van der Waals surface area contributed by atoms with E-state index < -0.39 is 0 Å². The Hall–Kier alpha value is -3.00. The first-order chi connectivity index (χ1) is 15.9. The minimum absolute atomic E-state index is 0.0881. The number of benzene rings is 1. The second kappa shape index (κ2) is 10.3. The van der Waals surface area contributed by atoms with Gasteiger partial charge in [-0.3, -0.25) is 19.7 Å². The number of amides is 2. The Morgan fingerprint density at radius 2 is 1.73 bits per heavy atom. The Kier molecular flexibility index (Phi) is 7.23. The molecule has 2 amide bonds. The van der Waals surface area contributed by atoms with Crippen LogP contribution < -0.4 is 5.32 Å². The molecule has 1 saturated heterocycles. The molecule has 1 aliphatic heterocycles. The third-order valence-electron chi connectivity index (χ3n) is 6.10. The minimum Gasteiger partial charge on any atom is -0.447 e. The van der Waals surface area contributed by atoms with Crippen molar-refractivity contribution in [3.63, 3.8) is 0 Å². The highest BCUT2D eigenvalue weighted by molar-refractivity contribution is 5.88. The van der Waals surface area contributed by atoms with Gasteiger partial charge in [-0.2, -0.15) is 0 Å². The number of ether oxygens (including phenoxy) is 1. The van der Waals surface area contributed by atoms with Crippen LogP contribution in [0.1, 0.15) is 52.1 Å². The number of carbonyl (C=O) groups is 2. The normalized spacial score (nSPS) is 16.8. The number of anilines is 1. The van der Waals surface area contributed by atoms with E-state index in [0.717, 1.165) is 55.1 Å². The van der Waals surface area contributed by atoms with Crippen molar-refractivity contribution >= 4 is 17.7 Å². The Labute approximate surface area is 195 Å². The summed E-state index contributed by atoms with van der Waals surface area (Å²) in [7, 11) is 0.